The Morgan fingerprint density at radius 3 is 3.07 bits per heavy atom. The summed E-state index contributed by atoms with van der Waals surface area (Å²) in [6.07, 6.45) is 0.553. The van der Waals surface area contributed by atoms with Crippen LogP contribution in [0.3, 0.4) is 0 Å². The highest BCUT2D eigenvalue weighted by Gasteiger charge is 2.25. The molecule has 0 spiro atoms. The first-order valence-corrected chi connectivity index (χ1v) is 6.34. The van der Waals surface area contributed by atoms with Crippen molar-refractivity contribution in [2.24, 2.45) is 0 Å². The first-order chi connectivity index (χ1) is 7.31. The number of hydrogen-bond donors (Lipinski definition) is 1. The van der Waals surface area contributed by atoms with Gasteiger partial charge in [-0.25, -0.2) is 0 Å². The second-order valence-corrected chi connectivity index (χ2v) is 4.48. The van der Waals surface area contributed by atoms with E-state index in [1.807, 2.05) is 6.07 Å². The quantitative estimate of drug-likeness (QED) is 0.837. The third-order valence-corrected chi connectivity index (χ3v) is 3.51. The molecule has 1 aromatic carbocycles. The summed E-state index contributed by atoms with van der Waals surface area (Å²) < 4.78 is 5.23. The van der Waals surface area contributed by atoms with E-state index in [0.717, 1.165) is 18.4 Å². The largest absolute Gasteiger partial charge is 0.390 e. The predicted octanol–water partition coefficient (Wildman–Crippen LogP) is 2.45. The maximum absolute atomic E-state index is 9.85. The molecule has 1 saturated heterocycles. The van der Waals surface area contributed by atoms with Gasteiger partial charge in [-0.05, 0) is 17.5 Å². The summed E-state index contributed by atoms with van der Waals surface area (Å²) >= 11 is 3.44. The number of alkyl halides is 1. The predicted molar refractivity (Wildman–Crippen MR) is 63.3 cm³/mol. The smallest absolute Gasteiger partial charge is 0.0842 e. The highest BCUT2D eigenvalue weighted by atomic mass is 79.9. The molecule has 0 bridgehead atoms. The lowest BCUT2D eigenvalue weighted by atomic mass is 9.89. The van der Waals surface area contributed by atoms with Crippen molar-refractivity contribution in [1.82, 2.24) is 0 Å². The molecule has 0 aromatic heterocycles. The van der Waals surface area contributed by atoms with Gasteiger partial charge < -0.3 is 9.84 Å². The zero-order valence-electron chi connectivity index (χ0n) is 8.53. The molecule has 1 aliphatic heterocycles. The summed E-state index contributed by atoms with van der Waals surface area (Å²) in [6, 6.07) is 8.39. The third kappa shape index (κ3) is 2.60. The molecule has 1 heterocycles. The van der Waals surface area contributed by atoms with Gasteiger partial charge in [0.05, 0.1) is 12.7 Å². The highest BCUT2D eigenvalue weighted by Crippen LogP contribution is 2.28. The van der Waals surface area contributed by atoms with Crippen LogP contribution < -0.4 is 0 Å². The van der Waals surface area contributed by atoms with Gasteiger partial charge in [0, 0.05) is 17.9 Å². The second kappa shape index (κ2) is 5.10. The monoisotopic (exact) mass is 270 g/mol. The van der Waals surface area contributed by atoms with Gasteiger partial charge in [0.25, 0.3) is 0 Å². The van der Waals surface area contributed by atoms with E-state index in [0.29, 0.717) is 6.61 Å². The van der Waals surface area contributed by atoms with E-state index in [1.165, 1.54) is 11.1 Å². The molecule has 82 valence electrons. The summed E-state index contributed by atoms with van der Waals surface area (Å²) in [5.41, 5.74) is 2.48. The molecule has 2 nitrogen and oxygen atoms in total. The number of aliphatic hydroxyl groups excluding tert-OH is 1. The van der Waals surface area contributed by atoms with Crippen LogP contribution in [0.1, 0.15) is 23.5 Å². The van der Waals surface area contributed by atoms with Crippen LogP contribution >= 0.6 is 15.9 Å². The van der Waals surface area contributed by atoms with E-state index in [-0.39, 0.29) is 12.0 Å². The molecule has 0 aliphatic carbocycles. The lowest BCUT2D eigenvalue weighted by Crippen LogP contribution is -2.30. The molecule has 1 fully saturated rings. The van der Waals surface area contributed by atoms with Crippen molar-refractivity contribution in [3.63, 3.8) is 0 Å². The molecule has 3 heteroatoms. The van der Waals surface area contributed by atoms with Crippen LogP contribution in [-0.2, 0) is 10.1 Å². The minimum atomic E-state index is -0.357. The normalized spacial score (nSPS) is 26.5. The molecule has 2 unspecified atom stereocenters. The maximum atomic E-state index is 9.85. The lowest BCUT2D eigenvalue weighted by molar-refractivity contribution is -0.0205. The minimum absolute atomic E-state index is 0.234. The topological polar surface area (TPSA) is 29.5 Å². The number of benzene rings is 1. The number of halogens is 1. The Labute approximate surface area is 98.4 Å². The summed E-state index contributed by atoms with van der Waals surface area (Å²) in [5, 5.41) is 10.7. The Morgan fingerprint density at radius 1 is 1.47 bits per heavy atom. The Balaban J connectivity index is 2.19. The van der Waals surface area contributed by atoms with Crippen LogP contribution in [0.15, 0.2) is 24.3 Å². The van der Waals surface area contributed by atoms with Crippen LogP contribution in [0.5, 0.6) is 0 Å². The molecular formula is C12H15BrO2. The van der Waals surface area contributed by atoms with Crippen molar-refractivity contribution in [1.29, 1.82) is 0 Å². The van der Waals surface area contributed by atoms with Crippen LogP contribution in [0.4, 0.5) is 0 Å². The standard InChI is InChI=1S/C12H15BrO2/c13-7-9-2-1-3-10(6-9)11-4-5-15-8-12(11)14/h1-3,6,11-12,14H,4-5,7-8H2. The van der Waals surface area contributed by atoms with Gasteiger partial charge in [-0.1, -0.05) is 40.2 Å². The fourth-order valence-corrected chi connectivity index (χ4v) is 2.37. The van der Waals surface area contributed by atoms with Gasteiger partial charge >= 0.3 is 0 Å². The van der Waals surface area contributed by atoms with Crippen molar-refractivity contribution < 1.29 is 9.84 Å². The first-order valence-electron chi connectivity index (χ1n) is 5.22. The molecule has 2 rings (SSSR count). The zero-order chi connectivity index (χ0) is 10.7. The molecule has 0 radical (unpaired) electrons. The van der Waals surface area contributed by atoms with E-state index >= 15 is 0 Å². The van der Waals surface area contributed by atoms with Crippen molar-refractivity contribution in [3.8, 4) is 0 Å². The van der Waals surface area contributed by atoms with Gasteiger partial charge in [-0.2, -0.15) is 0 Å². The fourth-order valence-electron chi connectivity index (χ4n) is 2.02. The van der Waals surface area contributed by atoms with E-state index < -0.39 is 0 Å². The van der Waals surface area contributed by atoms with Gasteiger partial charge in [0.2, 0.25) is 0 Å². The number of aliphatic hydroxyl groups is 1. The fraction of sp³-hybridized carbons (Fsp3) is 0.500. The lowest BCUT2D eigenvalue weighted by Gasteiger charge is -2.28. The summed E-state index contributed by atoms with van der Waals surface area (Å²) in [7, 11) is 0. The molecule has 1 aromatic rings. The zero-order valence-corrected chi connectivity index (χ0v) is 10.1. The molecular weight excluding hydrogens is 256 g/mol. The molecule has 2 atom stereocenters. The van der Waals surface area contributed by atoms with Crippen LogP contribution in [-0.4, -0.2) is 24.4 Å². The summed E-state index contributed by atoms with van der Waals surface area (Å²) in [5.74, 6) is 0.234. The van der Waals surface area contributed by atoms with Crippen molar-refractivity contribution in [3.05, 3.63) is 35.4 Å². The first kappa shape index (κ1) is 11.1. The Hall–Kier alpha value is -0.380. The third-order valence-electron chi connectivity index (χ3n) is 2.86. The molecule has 15 heavy (non-hydrogen) atoms. The Kier molecular flexibility index (Phi) is 3.78. The SMILES string of the molecule is OC1COCCC1c1cccc(CBr)c1. The van der Waals surface area contributed by atoms with Gasteiger partial charge in [0.15, 0.2) is 0 Å². The molecule has 0 amide bonds. The number of rotatable bonds is 2. The van der Waals surface area contributed by atoms with E-state index in [9.17, 15) is 5.11 Å². The van der Waals surface area contributed by atoms with Crippen molar-refractivity contribution in [2.75, 3.05) is 13.2 Å². The highest BCUT2D eigenvalue weighted by molar-refractivity contribution is 9.08. The minimum Gasteiger partial charge on any atom is -0.390 e. The van der Waals surface area contributed by atoms with E-state index in [4.69, 9.17) is 4.74 Å². The second-order valence-electron chi connectivity index (χ2n) is 3.92. The van der Waals surface area contributed by atoms with Crippen LogP contribution in [0.25, 0.3) is 0 Å². The average Bonchev–Trinajstić information content (AvgIpc) is 2.30. The van der Waals surface area contributed by atoms with E-state index in [2.05, 4.69) is 34.1 Å². The number of hydrogen-bond acceptors (Lipinski definition) is 2. The summed E-state index contributed by atoms with van der Waals surface area (Å²) in [4.78, 5) is 0. The maximum Gasteiger partial charge on any atom is 0.0842 e. The van der Waals surface area contributed by atoms with Crippen molar-refractivity contribution in [2.45, 2.75) is 23.8 Å². The van der Waals surface area contributed by atoms with Crippen LogP contribution in [0.2, 0.25) is 0 Å². The molecule has 0 saturated carbocycles. The van der Waals surface area contributed by atoms with Gasteiger partial charge in [0.1, 0.15) is 0 Å². The Bertz CT molecular complexity index is 327. The summed E-state index contributed by atoms with van der Waals surface area (Å²) in [6.45, 7) is 1.21. The van der Waals surface area contributed by atoms with Gasteiger partial charge in [-0.15, -0.1) is 0 Å². The van der Waals surface area contributed by atoms with Gasteiger partial charge in [-0.3, -0.25) is 0 Å². The number of ether oxygens (including phenoxy) is 1. The van der Waals surface area contributed by atoms with Crippen molar-refractivity contribution >= 4 is 15.9 Å². The Morgan fingerprint density at radius 2 is 2.33 bits per heavy atom. The molecule has 1 aliphatic rings. The molecule has 1 N–H and O–H groups in total. The van der Waals surface area contributed by atoms with Crippen LogP contribution in [0, 0.1) is 0 Å². The average molecular weight is 271 g/mol. The van der Waals surface area contributed by atoms with E-state index in [1.54, 1.807) is 0 Å².